The molecule has 0 bridgehead atoms. The van der Waals surface area contributed by atoms with Gasteiger partial charge in [0.25, 0.3) is 9.84 Å². The first-order valence-electron chi connectivity index (χ1n) is 10.1. The molecular weight excluding hydrogens is 503 g/mol. The van der Waals surface area contributed by atoms with Crippen LogP contribution >= 0.6 is 0 Å². The number of ether oxygens (including phenoxy) is 1. The van der Waals surface area contributed by atoms with Crippen molar-refractivity contribution in [3.8, 4) is 17.4 Å². The highest BCUT2D eigenvalue weighted by atomic mass is 32.2. The maximum atomic E-state index is 12.9. The molecule has 4 rings (SSSR count). The Balaban J connectivity index is 1.56. The molecule has 4 aromatic rings. The Hall–Kier alpha value is -4.39. The number of sulfone groups is 1. The number of rotatable bonds is 6. The number of hydrogen-bond acceptors (Lipinski definition) is 7. The van der Waals surface area contributed by atoms with E-state index in [1.54, 1.807) is 36.4 Å². The van der Waals surface area contributed by atoms with Crippen molar-refractivity contribution in [2.75, 3.05) is 0 Å². The SMILES string of the molecule is O=C(Oc1cc(Cn2cc(O)n(-c3ccc(S(=O)(=O)C(F)(F)F)cc3)c2=O)ccn1)c1ccccc1. The maximum absolute atomic E-state index is 12.9. The van der Waals surface area contributed by atoms with Gasteiger partial charge in [0, 0.05) is 12.3 Å². The van der Waals surface area contributed by atoms with E-state index in [9.17, 15) is 36.3 Å². The fourth-order valence-electron chi connectivity index (χ4n) is 3.27. The second-order valence-electron chi connectivity index (χ2n) is 7.43. The number of carbonyl (C=O) groups is 1. The van der Waals surface area contributed by atoms with Crippen molar-refractivity contribution in [2.24, 2.45) is 0 Å². The van der Waals surface area contributed by atoms with Gasteiger partial charge in [-0.15, -0.1) is 0 Å². The number of carbonyl (C=O) groups excluding carboxylic acids is 1. The molecule has 0 spiro atoms. The zero-order chi connectivity index (χ0) is 26.1. The number of nitrogens with zero attached hydrogens (tertiary/aromatic N) is 3. The van der Waals surface area contributed by atoms with Crippen LogP contribution in [0.2, 0.25) is 0 Å². The highest BCUT2D eigenvalue weighted by molar-refractivity contribution is 7.92. The smallest absolute Gasteiger partial charge is 0.493 e. The molecule has 1 N–H and O–H groups in total. The lowest BCUT2D eigenvalue weighted by atomic mass is 10.2. The third kappa shape index (κ3) is 4.86. The Morgan fingerprint density at radius 3 is 2.33 bits per heavy atom. The molecule has 0 unspecified atom stereocenters. The third-order valence-electron chi connectivity index (χ3n) is 5.01. The van der Waals surface area contributed by atoms with Gasteiger partial charge in [0.05, 0.1) is 28.9 Å². The summed E-state index contributed by atoms with van der Waals surface area (Å²) in [6, 6.07) is 14.5. The minimum atomic E-state index is -5.56. The predicted molar refractivity (Wildman–Crippen MR) is 120 cm³/mol. The summed E-state index contributed by atoms with van der Waals surface area (Å²) in [5.74, 6) is -1.17. The lowest BCUT2D eigenvalue weighted by Gasteiger charge is -2.09. The first-order valence-corrected chi connectivity index (χ1v) is 11.6. The average Bonchev–Trinajstić information content (AvgIpc) is 3.11. The highest BCUT2D eigenvalue weighted by Gasteiger charge is 2.46. The number of imidazole rings is 1. The van der Waals surface area contributed by atoms with Crippen molar-refractivity contribution in [1.82, 2.24) is 14.1 Å². The van der Waals surface area contributed by atoms with Crippen LogP contribution < -0.4 is 10.4 Å². The van der Waals surface area contributed by atoms with Crippen LogP contribution in [0.4, 0.5) is 13.2 Å². The fraction of sp³-hybridized carbons (Fsp3) is 0.0870. The normalized spacial score (nSPS) is 11.9. The third-order valence-corrected chi connectivity index (χ3v) is 6.51. The van der Waals surface area contributed by atoms with Gasteiger partial charge in [-0.25, -0.2) is 27.6 Å². The van der Waals surface area contributed by atoms with Gasteiger partial charge in [0.15, 0.2) is 0 Å². The maximum Gasteiger partial charge on any atom is 0.501 e. The number of alkyl halides is 3. The monoisotopic (exact) mass is 519 g/mol. The van der Waals surface area contributed by atoms with Crippen molar-refractivity contribution in [1.29, 1.82) is 0 Å². The van der Waals surface area contributed by atoms with Gasteiger partial charge in [0.2, 0.25) is 11.8 Å². The van der Waals surface area contributed by atoms with Crippen LogP contribution in [0.25, 0.3) is 5.69 Å². The molecule has 0 saturated heterocycles. The Bertz CT molecular complexity index is 1580. The number of esters is 1. The van der Waals surface area contributed by atoms with Crippen LogP contribution in [-0.4, -0.2) is 39.1 Å². The van der Waals surface area contributed by atoms with Crippen molar-refractivity contribution in [2.45, 2.75) is 16.9 Å². The molecule has 2 aromatic carbocycles. The Kier molecular flexibility index (Phi) is 6.41. The number of pyridine rings is 1. The first kappa shape index (κ1) is 24.7. The molecule has 0 atom stereocenters. The van der Waals surface area contributed by atoms with E-state index >= 15 is 0 Å². The zero-order valence-corrected chi connectivity index (χ0v) is 18.9. The molecule has 0 aliphatic carbocycles. The van der Waals surface area contributed by atoms with E-state index in [-0.39, 0.29) is 18.1 Å². The molecule has 9 nitrogen and oxygen atoms in total. The van der Waals surface area contributed by atoms with Gasteiger partial charge >= 0.3 is 17.2 Å². The quantitative estimate of drug-likeness (QED) is 0.388. The van der Waals surface area contributed by atoms with Crippen molar-refractivity contribution in [3.63, 3.8) is 0 Å². The van der Waals surface area contributed by atoms with E-state index in [1.807, 2.05) is 0 Å². The standard InChI is InChI=1S/C23H16F3N3O6S/c24-23(25,26)36(33,34)18-8-6-17(7-9-18)29-20(30)14-28(22(29)32)13-15-10-11-27-19(12-15)35-21(31)16-4-2-1-3-5-16/h1-12,14,30H,13H2. The molecule has 36 heavy (non-hydrogen) atoms. The molecule has 13 heteroatoms. The minimum absolute atomic E-state index is 0.0143. The lowest BCUT2D eigenvalue weighted by Crippen LogP contribution is -2.24. The van der Waals surface area contributed by atoms with E-state index in [0.717, 1.165) is 27.5 Å². The van der Waals surface area contributed by atoms with Crippen LogP contribution in [0.3, 0.4) is 0 Å². The highest BCUT2D eigenvalue weighted by Crippen LogP contribution is 2.30. The summed E-state index contributed by atoms with van der Waals surface area (Å²) in [6.07, 6.45) is 2.46. The van der Waals surface area contributed by atoms with Crippen LogP contribution in [0.5, 0.6) is 11.8 Å². The van der Waals surface area contributed by atoms with Gasteiger partial charge < -0.3 is 9.84 Å². The summed E-state index contributed by atoms with van der Waals surface area (Å²) in [6.45, 7) is -0.0711. The van der Waals surface area contributed by atoms with Gasteiger partial charge in [-0.2, -0.15) is 13.2 Å². The van der Waals surface area contributed by atoms with E-state index in [2.05, 4.69) is 4.98 Å². The number of aromatic nitrogens is 3. The number of benzene rings is 2. The van der Waals surface area contributed by atoms with Gasteiger partial charge in [-0.05, 0) is 48.0 Å². The van der Waals surface area contributed by atoms with Crippen LogP contribution in [0.1, 0.15) is 15.9 Å². The average molecular weight is 519 g/mol. The molecule has 0 aliphatic rings. The largest absolute Gasteiger partial charge is 0.501 e. The van der Waals surface area contributed by atoms with E-state index < -0.39 is 37.8 Å². The van der Waals surface area contributed by atoms with E-state index in [1.165, 1.54) is 12.3 Å². The summed E-state index contributed by atoms with van der Waals surface area (Å²) in [4.78, 5) is 28.1. The first-order chi connectivity index (χ1) is 17.0. The van der Waals surface area contributed by atoms with E-state index in [4.69, 9.17) is 4.74 Å². The van der Waals surface area contributed by atoms with Crippen molar-refractivity contribution < 1.29 is 36.2 Å². The predicted octanol–water partition coefficient (Wildman–Crippen LogP) is 3.30. The summed E-state index contributed by atoms with van der Waals surface area (Å²) in [5.41, 5.74) is -5.47. The molecule has 0 amide bonds. The van der Waals surface area contributed by atoms with Gasteiger partial charge in [0.1, 0.15) is 0 Å². The molecular formula is C23H16F3N3O6S. The minimum Gasteiger partial charge on any atom is -0.493 e. The van der Waals surface area contributed by atoms with Gasteiger partial charge in [-0.1, -0.05) is 18.2 Å². The van der Waals surface area contributed by atoms with E-state index in [0.29, 0.717) is 23.3 Å². The Morgan fingerprint density at radius 2 is 1.69 bits per heavy atom. The lowest BCUT2D eigenvalue weighted by molar-refractivity contribution is -0.0436. The molecule has 2 aromatic heterocycles. The van der Waals surface area contributed by atoms with Crippen LogP contribution in [0, 0.1) is 0 Å². The molecule has 0 saturated carbocycles. The summed E-state index contributed by atoms with van der Waals surface area (Å²) >= 11 is 0. The second kappa shape index (κ2) is 9.34. The Morgan fingerprint density at radius 1 is 1.03 bits per heavy atom. The molecule has 2 heterocycles. The zero-order valence-electron chi connectivity index (χ0n) is 18.1. The molecule has 186 valence electrons. The van der Waals surface area contributed by atoms with Crippen LogP contribution in [0.15, 0.2) is 88.8 Å². The van der Waals surface area contributed by atoms with Crippen molar-refractivity contribution in [3.05, 3.63) is 101 Å². The number of aromatic hydroxyl groups is 1. The fourth-order valence-corrected chi connectivity index (χ4v) is 4.03. The molecule has 0 aliphatic heterocycles. The molecule has 0 radical (unpaired) electrons. The number of hydrogen-bond donors (Lipinski definition) is 1. The van der Waals surface area contributed by atoms with Gasteiger partial charge in [-0.3, -0.25) is 4.57 Å². The summed E-state index contributed by atoms with van der Waals surface area (Å²) in [7, 11) is -5.56. The van der Waals surface area contributed by atoms with Crippen LogP contribution in [-0.2, 0) is 16.4 Å². The topological polar surface area (TPSA) is 120 Å². The summed E-state index contributed by atoms with van der Waals surface area (Å²) in [5, 5.41) is 10.3. The molecule has 0 fully saturated rings. The van der Waals surface area contributed by atoms with Crippen molar-refractivity contribution >= 4 is 15.8 Å². The summed E-state index contributed by atoms with van der Waals surface area (Å²) < 4.78 is 68.5. The Labute approximate surface area is 201 Å². The second-order valence-corrected chi connectivity index (χ2v) is 9.38. The number of halogens is 3.